The zero-order chi connectivity index (χ0) is 10.8. The maximum atomic E-state index is 5.71. The van der Waals surface area contributed by atoms with Crippen molar-refractivity contribution in [3.8, 4) is 0 Å². The fourth-order valence-electron chi connectivity index (χ4n) is 2.75. The van der Waals surface area contributed by atoms with E-state index in [1.54, 1.807) is 0 Å². The average Bonchev–Trinajstić information content (AvgIpc) is 2.79. The largest absolute Gasteiger partial charge is 0.271 e. The standard InChI is InChI=1S/C12H20N2S/c1-8-3-4-10(7-8)12(14-13)11-5-6-15-9(11)2/h5-6,8,10,12,14H,3-4,7,13H2,1-2H3. The summed E-state index contributed by atoms with van der Waals surface area (Å²) in [5.74, 6) is 7.30. The molecule has 3 unspecified atom stereocenters. The summed E-state index contributed by atoms with van der Waals surface area (Å²) in [7, 11) is 0. The summed E-state index contributed by atoms with van der Waals surface area (Å²) in [6, 6.07) is 2.58. The molecule has 1 saturated carbocycles. The van der Waals surface area contributed by atoms with Crippen LogP contribution in [0.3, 0.4) is 0 Å². The van der Waals surface area contributed by atoms with Gasteiger partial charge >= 0.3 is 0 Å². The monoisotopic (exact) mass is 224 g/mol. The SMILES string of the molecule is Cc1sccc1C(NN)C1CCC(C)C1. The van der Waals surface area contributed by atoms with Crippen molar-refractivity contribution in [1.82, 2.24) is 5.43 Å². The lowest BCUT2D eigenvalue weighted by Crippen LogP contribution is -2.32. The fourth-order valence-corrected chi connectivity index (χ4v) is 3.50. The van der Waals surface area contributed by atoms with Gasteiger partial charge < -0.3 is 0 Å². The topological polar surface area (TPSA) is 38.0 Å². The minimum Gasteiger partial charge on any atom is -0.271 e. The number of hydrogen-bond acceptors (Lipinski definition) is 3. The molecule has 0 aromatic carbocycles. The molecule has 2 nitrogen and oxygen atoms in total. The summed E-state index contributed by atoms with van der Waals surface area (Å²) in [6.07, 6.45) is 3.97. The van der Waals surface area contributed by atoms with Crippen LogP contribution in [0.25, 0.3) is 0 Å². The lowest BCUT2D eigenvalue weighted by molar-refractivity contribution is 0.364. The molecule has 0 radical (unpaired) electrons. The fraction of sp³-hybridized carbons (Fsp3) is 0.667. The van der Waals surface area contributed by atoms with Gasteiger partial charge in [0.15, 0.2) is 0 Å². The molecule has 15 heavy (non-hydrogen) atoms. The van der Waals surface area contributed by atoms with Crippen molar-refractivity contribution in [2.75, 3.05) is 0 Å². The van der Waals surface area contributed by atoms with Gasteiger partial charge in [0.05, 0.1) is 0 Å². The maximum Gasteiger partial charge on any atom is 0.0499 e. The second kappa shape index (κ2) is 4.64. The first-order valence-electron chi connectivity index (χ1n) is 5.72. The second-order valence-electron chi connectivity index (χ2n) is 4.75. The molecule has 0 saturated heterocycles. The Morgan fingerprint density at radius 3 is 2.80 bits per heavy atom. The molecule has 0 amide bonds. The van der Waals surface area contributed by atoms with Crippen LogP contribution in [0.5, 0.6) is 0 Å². The normalized spacial score (nSPS) is 28.2. The molecule has 2 rings (SSSR count). The Labute approximate surface area is 95.8 Å². The van der Waals surface area contributed by atoms with Crippen LogP contribution in [-0.2, 0) is 0 Å². The molecule has 1 aromatic rings. The van der Waals surface area contributed by atoms with Crippen LogP contribution in [0, 0.1) is 18.8 Å². The van der Waals surface area contributed by atoms with Gasteiger partial charge in [-0.05, 0) is 48.6 Å². The van der Waals surface area contributed by atoms with E-state index < -0.39 is 0 Å². The molecule has 1 aliphatic carbocycles. The van der Waals surface area contributed by atoms with Gasteiger partial charge in [0.2, 0.25) is 0 Å². The summed E-state index contributed by atoms with van der Waals surface area (Å²) in [5.41, 5.74) is 4.42. The highest BCUT2D eigenvalue weighted by atomic mass is 32.1. The third-order valence-electron chi connectivity index (χ3n) is 3.62. The zero-order valence-electron chi connectivity index (χ0n) is 9.49. The van der Waals surface area contributed by atoms with Crippen LogP contribution >= 0.6 is 11.3 Å². The first-order chi connectivity index (χ1) is 7.22. The Hall–Kier alpha value is -0.380. The molecule has 1 fully saturated rings. The van der Waals surface area contributed by atoms with E-state index in [1.807, 2.05) is 11.3 Å². The summed E-state index contributed by atoms with van der Waals surface area (Å²) in [4.78, 5) is 1.40. The van der Waals surface area contributed by atoms with E-state index in [9.17, 15) is 0 Å². The summed E-state index contributed by atoms with van der Waals surface area (Å²) in [6.45, 7) is 4.52. The molecule has 1 aromatic heterocycles. The van der Waals surface area contributed by atoms with Crippen LogP contribution in [0.1, 0.15) is 42.7 Å². The van der Waals surface area contributed by atoms with Gasteiger partial charge in [-0.25, -0.2) is 0 Å². The van der Waals surface area contributed by atoms with Gasteiger partial charge in [0.25, 0.3) is 0 Å². The van der Waals surface area contributed by atoms with E-state index in [1.165, 1.54) is 29.7 Å². The van der Waals surface area contributed by atoms with Crippen molar-refractivity contribution >= 4 is 11.3 Å². The number of rotatable bonds is 3. The van der Waals surface area contributed by atoms with Gasteiger partial charge in [-0.3, -0.25) is 11.3 Å². The molecule has 0 aliphatic heterocycles. The quantitative estimate of drug-likeness (QED) is 0.612. The highest BCUT2D eigenvalue weighted by Crippen LogP contribution is 2.40. The minimum atomic E-state index is 0.362. The molecule has 84 valence electrons. The number of thiophene rings is 1. The number of aryl methyl sites for hydroxylation is 1. The van der Waals surface area contributed by atoms with Crippen molar-refractivity contribution in [3.05, 3.63) is 21.9 Å². The Morgan fingerprint density at radius 2 is 2.33 bits per heavy atom. The number of hydrogen-bond donors (Lipinski definition) is 2. The third kappa shape index (κ3) is 2.25. The number of nitrogens with two attached hydrogens (primary N) is 1. The molecule has 3 heteroatoms. The first-order valence-corrected chi connectivity index (χ1v) is 6.60. The molecule has 3 atom stereocenters. The molecular formula is C12H20N2S. The van der Waals surface area contributed by atoms with E-state index in [0.29, 0.717) is 6.04 Å². The third-order valence-corrected chi connectivity index (χ3v) is 4.48. The van der Waals surface area contributed by atoms with E-state index in [2.05, 4.69) is 30.7 Å². The predicted octanol–water partition coefficient (Wildman–Crippen LogP) is 3.00. The first kappa shape index (κ1) is 11.1. The molecule has 0 spiro atoms. The molecule has 1 heterocycles. The lowest BCUT2D eigenvalue weighted by Gasteiger charge is -2.23. The van der Waals surface area contributed by atoms with Crippen LogP contribution < -0.4 is 11.3 Å². The Bertz CT molecular complexity index is 321. The van der Waals surface area contributed by atoms with Crippen LogP contribution in [0.4, 0.5) is 0 Å². The molecule has 0 bridgehead atoms. The van der Waals surface area contributed by atoms with Crippen molar-refractivity contribution in [3.63, 3.8) is 0 Å². The van der Waals surface area contributed by atoms with Crippen molar-refractivity contribution in [1.29, 1.82) is 0 Å². The van der Waals surface area contributed by atoms with E-state index in [0.717, 1.165) is 11.8 Å². The van der Waals surface area contributed by atoms with Crippen LogP contribution in [0.2, 0.25) is 0 Å². The minimum absolute atomic E-state index is 0.362. The van der Waals surface area contributed by atoms with Crippen LogP contribution in [-0.4, -0.2) is 0 Å². The highest BCUT2D eigenvalue weighted by Gasteiger charge is 2.30. The predicted molar refractivity (Wildman–Crippen MR) is 65.6 cm³/mol. The summed E-state index contributed by atoms with van der Waals surface area (Å²) < 4.78 is 0. The Morgan fingerprint density at radius 1 is 1.53 bits per heavy atom. The van der Waals surface area contributed by atoms with Crippen molar-refractivity contribution in [2.24, 2.45) is 17.7 Å². The number of hydrazine groups is 1. The van der Waals surface area contributed by atoms with Gasteiger partial charge in [0, 0.05) is 10.9 Å². The smallest absolute Gasteiger partial charge is 0.0499 e. The molecule has 3 N–H and O–H groups in total. The van der Waals surface area contributed by atoms with E-state index in [4.69, 9.17) is 5.84 Å². The van der Waals surface area contributed by atoms with Crippen molar-refractivity contribution < 1.29 is 0 Å². The molecule has 1 aliphatic rings. The zero-order valence-corrected chi connectivity index (χ0v) is 10.3. The Balaban J connectivity index is 2.14. The van der Waals surface area contributed by atoms with E-state index >= 15 is 0 Å². The van der Waals surface area contributed by atoms with Gasteiger partial charge in [0.1, 0.15) is 0 Å². The second-order valence-corrected chi connectivity index (χ2v) is 5.88. The summed E-state index contributed by atoms with van der Waals surface area (Å²) in [5, 5.41) is 2.16. The van der Waals surface area contributed by atoms with Gasteiger partial charge in [-0.1, -0.05) is 13.3 Å². The Kier molecular flexibility index (Phi) is 3.44. The summed E-state index contributed by atoms with van der Waals surface area (Å²) >= 11 is 1.81. The molecular weight excluding hydrogens is 204 g/mol. The maximum absolute atomic E-state index is 5.71. The van der Waals surface area contributed by atoms with Gasteiger partial charge in [-0.2, -0.15) is 0 Å². The highest BCUT2D eigenvalue weighted by molar-refractivity contribution is 7.10. The lowest BCUT2D eigenvalue weighted by atomic mass is 9.92. The van der Waals surface area contributed by atoms with Crippen molar-refractivity contribution in [2.45, 2.75) is 39.2 Å². The average molecular weight is 224 g/mol. The van der Waals surface area contributed by atoms with E-state index in [-0.39, 0.29) is 0 Å². The van der Waals surface area contributed by atoms with Gasteiger partial charge in [-0.15, -0.1) is 11.3 Å². The van der Waals surface area contributed by atoms with Crippen LogP contribution in [0.15, 0.2) is 11.4 Å². The number of nitrogens with one attached hydrogen (secondary N) is 1.